The Kier molecular flexibility index (Phi) is 6.60. The third kappa shape index (κ3) is 4.83. The summed E-state index contributed by atoms with van der Waals surface area (Å²) in [5, 5.41) is 40.8. The number of aliphatic hydroxyl groups is 3. The van der Waals surface area contributed by atoms with Gasteiger partial charge in [-0.2, -0.15) is 4.98 Å². The predicted octanol–water partition coefficient (Wildman–Crippen LogP) is 3.93. The SMILES string of the molecule is Cc1nc(NCC2CC2)nc(N[C@@H]2C[C@H](CO)[C@@H](O)[C@H]2O)c1-c1cc2cc(C3CC=CS3)nc(C)c2o1. The van der Waals surface area contributed by atoms with Crippen molar-refractivity contribution in [1.82, 2.24) is 15.0 Å². The summed E-state index contributed by atoms with van der Waals surface area (Å²) in [7, 11) is 0. The van der Waals surface area contributed by atoms with Crippen LogP contribution in [0.15, 0.2) is 28.0 Å². The lowest BCUT2D eigenvalue weighted by atomic mass is 10.1. The number of aliphatic hydroxyl groups excluding tert-OH is 3. The third-order valence-corrected chi connectivity index (χ3v) is 8.76. The first-order chi connectivity index (χ1) is 17.9. The monoisotopic (exact) mass is 523 g/mol. The second kappa shape index (κ2) is 9.90. The third-order valence-electron chi connectivity index (χ3n) is 7.65. The van der Waals surface area contributed by atoms with Gasteiger partial charge in [-0.25, -0.2) is 4.98 Å². The standard InChI is InChI=1S/C27H33N5O4S/c1-13-22(20-10-16-8-18(21-4-3-7-37-21)29-14(2)25(16)36-20)26(32-27(30-13)28-11-15-5-6-15)31-19-9-17(12-33)23(34)24(19)35/h3,7-8,10,15,17,19,21,23-24,33-35H,4-6,9,11-12H2,1-2H3,(H2,28,30,31,32)/t17-,19-,21?,23-,24+/m1/s1. The molecule has 4 heterocycles. The van der Waals surface area contributed by atoms with Crippen LogP contribution in [0.25, 0.3) is 22.3 Å². The van der Waals surface area contributed by atoms with Crippen molar-refractivity contribution < 1.29 is 19.7 Å². The minimum Gasteiger partial charge on any atom is -0.454 e. The van der Waals surface area contributed by atoms with Gasteiger partial charge in [0.05, 0.1) is 40.0 Å². The number of hydrogen-bond acceptors (Lipinski definition) is 10. The molecule has 5 atom stereocenters. The van der Waals surface area contributed by atoms with Gasteiger partial charge in [-0.15, -0.1) is 11.8 Å². The van der Waals surface area contributed by atoms with Crippen LogP contribution in [0, 0.1) is 25.7 Å². The molecule has 2 saturated carbocycles. The van der Waals surface area contributed by atoms with E-state index in [-0.39, 0.29) is 6.61 Å². The van der Waals surface area contributed by atoms with Crippen molar-refractivity contribution in [3.63, 3.8) is 0 Å². The molecule has 5 N–H and O–H groups in total. The number of allylic oxidation sites excluding steroid dienone is 1. The van der Waals surface area contributed by atoms with E-state index < -0.39 is 24.2 Å². The number of nitrogens with zero attached hydrogens (tertiary/aromatic N) is 3. The van der Waals surface area contributed by atoms with Gasteiger partial charge in [0.2, 0.25) is 5.95 Å². The minimum atomic E-state index is -1.02. The van der Waals surface area contributed by atoms with Gasteiger partial charge in [0, 0.05) is 24.5 Å². The van der Waals surface area contributed by atoms with Crippen LogP contribution < -0.4 is 10.6 Å². The van der Waals surface area contributed by atoms with Crippen LogP contribution in [-0.2, 0) is 0 Å². The Morgan fingerprint density at radius 2 is 1.92 bits per heavy atom. The molecule has 2 fully saturated rings. The quantitative estimate of drug-likeness (QED) is 0.295. The molecule has 1 aliphatic heterocycles. The van der Waals surface area contributed by atoms with Gasteiger partial charge in [0.1, 0.15) is 17.7 Å². The lowest BCUT2D eigenvalue weighted by Gasteiger charge is -2.21. The number of rotatable bonds is 8. The average molecular weight is 524 g/mol. The smallest absolute Gasteiger partial charge is 0.224 e. The molecule has 3 aromatic rings. The maximum Gasteiger partial charge on any atom is 0.224 e. The number of pyridine rings is 1. The van der Waals surface area contributed by atoms with Gasteiger partial charge in [-0.1, -0.05) is 6.08 Å². The van der Waals surface area contributed by atoms with E-state index in [4.69, 9.17) is 19.4 Å². The van der Waals surface area contributed by atoms with Crippen molar-refractivity contribution >= 4 is 34.5 Å². The van der Waals surface area contributed by atoms with Gasteiger partial charge in [-0.05, 0) is 63.0 Å². The van der Waals surface area contributed by atoms with Crippen molar-refractivity contribution in [2.75, 3.05) is 23.8 Å². The van der Waals surface area contributed by atoms with Crippen LogP contribution in [0.5, 0.6) is 0 Å². The lowest BCUT2D eigenvalue weighted by molar-refractivity contribution is 0.00446. The summed E-state index contributed by atoms with van der Waals surface area (Å²) in [6, 6.07) is 3.63. The summed E-state index contributed by atoms with van der Waals surface area (Å²) in [6.07, 6.45) is 3.97. The second-order valence-electron chi connectivity index (χ2n) is 10.5. The Morgan fingerprint density at radius 3 is 2.62 bits per heavy atom. The van der Waals surface area contributed by atoms with Crippen LogP contribution in [0.1, 0.15) is 48.0 Å². The lowest BCUT2D eigenvalue weighted by Crippen LogP contribution is -2.35. The van der Waals surface area contributed by atoms with Crippen LogP contribution in [0.3, 0.4) is 0 Å². The van der Waals surface area contributed by atoms with Crippen LogP contribution >= 0.6 is 11.8 Å². The van der Waals surface area contributed by atoms with Crippen LogP contribution in [0.4, 0.5) is 11.8 Å². The second-order valence-corrected chi connectivity index (χ2v) is 11.6. The highest BCUT2D eigenvalue weighted by atomic mass is 32.2. The largest absolute Gasteiger partial charge is 0.454 e. The Labute approximate surface area is 219 Å². The molecule has 10 heteroatoms. The molecule has 37 heavy (non-hydrogen) atoms. The van der Waals surface area contributed by atoms with E-state index in [1.165, 1.54) is 12.8 Å². The van der Waals surface area contributed by atoms with E-state index in [1.807, 2.05) is 19.9 Å². The minimum absolute atomic E-state index is 0.187. The zero-order valence-corrected chi connectivity index (χ0v) is 21.8. The van der Waals surface area contributed by atoms with E-state index in [1.54, 1.807) is 11.8 Å². The summed E-state index contributed by atoms with van der Waals surface area (Å²) in [4.78, 5) is 14.3. The molecule has 0 radical (unpaired) electrons. The van der Waals surface area contributed by atoms with Crippen molar-refractivity contribution in [1.29, 1.82) is 0 Å². The first kappa shape index (κ1) is 24.7. The van der Waals surface area contributed by atoms with E-state index in [0.717, 1.165) is 41.0 Å². The van der Waals surface area contributed by atoms with Crippen molar-refractivity contribution in [3.05, 3.63) is 40.7 Å². The van der Waals surface area contributed by atoms with Gasteiger partial charge in [0.25, 0.3) is 0 Å². The maximum atomic E-state index is 10.7. The number of thioether (sulfide) groups is 1. The van der Waals surface area contributed by atoms with Gasteiger partial charge >= 0.3 is 0 Å². The Balaban J connectivity index is 1.38. The van der Waals surface area contributed by atoms with Gasteiger partial charge < -0.3 is 30.4 Å². The number of hydrogen-bond donors (Lipinski definition) is 5. The van der Waals surface area contributed by atoms with E-state index in [2.05, 4.69) is 28.2 Å². The molecule has 3 aromatic heterocycles. The fraction of sp³-hybridized carbons (Fsp3) is 0.519. The number of nitrogens with one attached hydrogen (secondary N) is 2. The summed E-state index contributed by atoms with van der Waals surface area (Å²) < 4.78 is 6.35. The first-order valence-corrected chi connectivity index (χ1v) is 13.9. The molecule has 3 aliphatic rings. The fourth-order valence-electron chi connectivity index (χ4n) is 5.33. The molecular formula is C27H33N5O4S. The van der Waals surface area contributed by atoms with Gasteiger partial charge in [-0.3, -0.25) is 4.98 Å². The first-order valence-electron chi connectivity index (χ1n) is 13.0. The predicted molar refractivity (Wildman–Crippen MR) is 144 cm³/mol. The molecule has 0 saturated heterocycles. The number of aromatic nitrogens is 3. The molecule has 196 valence electrons. The fourth-order valence-corrected chi connectivity index (χ4v) is 6.22. The van der Waals surface area contributed by atoms with Crippen LogP contribution in [-0.4, -0.2) is 61.7 Å². The molecule has 0 spiro atoms. The zero-order chi connectivity index (χ0) is 25.7. The normalized spacial score (nSPS) is 27.3. The molecular weight excluding hydrogens is 490 g/mol. The summed E-state index contributed by atoms with van der Waals surface area (Å²) in [5.74, 6) is 1.93. The number of furan rings is 1. The summed E-state index contributed by atoms with van der Waals surface area (Å²) in [6.45, 7) is 4.52. The Bertz CT molecular complexity index is 1330. The molecule has 1 unspecified atom stereocenters. The highest BCUT2D eigenvalue weighted by molar-refractivity contribution is 8.02. The van der Waals surface area contributed by atoms with Crippen LogP contribution in [0.2, 0.25) is 0 Å². The highest BCUT2D eigenvalue weighted by Crippen LogP contribution is 2.41. The molecule has 9 nitrogen and oxygen atoms in total. The van der Waals surface area contributed by atoms with E-state index in [9.17, 15) is 15.3 Å². The molecule has 0 amide bonds. The Morgan fingerprint density at radius 1 is 1.08 bits per heavy atom. The zero-order valence-electron chi connectivity index (χ0n) is 21.0. The maximum absolute atomic E-state index is 10.7. The van der Waals surface area contributed by atoms with Gasteiger partial charge in [0.15, 0.2) is 5.58 Å². The Hall–Kier alpha value is -2.66. The number of fused-ring (bicyclic) bond motifs is 1. The van der Waals surface area contributed by atoms with E-state index >= 15 is 0 Å². The number of anilines is 2. The number of aryl methyl sites for hydroxylation is 2. The summed E-state index contributed by atoms with van der Waals surface area (Å²) in [5.41, 5.74) is 4.05. The van der Waals surface area contributed by atoms with Crippen molar-refractivity contribution in [2.24, 2.45) is 11.8 Å². The topological polar surface area (TPSA) is 137 Å². The highest BCUT2D eigenvalue weighted by Gasteiger charge is 2.41. The van der Waals surface area contributed by atoms with E-state index in [0.29, 0.717) is 40.7 Å². The van der Waals surface area contributed by atoms with Crippen molar-refractivity contribution in [3.8, 4) is 11.3 Å². The average Bonchev–Trinajstić information content (AvgIpc) is 3.24. The molecule has 0 bridgehead atoms. The summed E-state index contributed by atoms with van der Waals surface area (Å²) >= 11 is 1.78. The van der Waals surface area contributed by atoms with Crippen molar-refractivity contribution in [2.45, 2.75) is 63.0 Å². The molecule has 2 aliphatic carbocycles. The molecule has 0 aromatic carbocycles. The molecule has 6 rings (SSSR count).